The quantitative estimate of drug-likeness (QED) is 0.760. The van der Waals surface area contributed by atoms with Crippen LogP contribution in [0.5, 0.6) is 0 Å². The molecule has 1 N–H and O–H groups in total. The van der Waals surface area contributed by atoms with Gasteiger partial charge in [0, 0.05) is 33.1 Å². The molecule has 1 atom stereocenters. The lowest BCUT2D eigenvalue weighted by atomic mass is 10.0. The molecule has 0 spiro atoms. The van der Waals surface area contributed by atoms with Crippen LogP contribution in [0.15, 0.2) is 0 Å². The average molecular weight is 250 g/mol. The molecule has 1 aliphatic rings. The number of carboxylic acid groups (broad SMARTS) is 1. The van der Waals surface area contributed by atoms with Crippen LogP contribution in [0.1, 0.15) is 19.8 Å². The molecular weight excluding hydrogens is 232 g/mol. The fraction of sp³-hybridized carbons (Fsp3) is 0.889. The first kappa shape index (κ1) is 13.4. The van der Waals surface area contributed by atoms with Gasteiger partial charge in [0.15, 0.2) is 0 Å². The summed E-state index contributed by atoms with van der Waals surface area (Å²) in [6.45, 7) is 3.05. The Hall–Kier alpha value is -0.660. The highest BCUT2D eigenvalue weighted by molar-refractivity contribution is 7.86. The largest absolute Gasteiger partial charge is 0.481 e. The van der Waals surface area contributed by atoms with E-state index in [0.29, 0.717) is 26.1 Å². The van der Waals surface area contributed by atoms with Crippen molar-refractivity contribution in [3.63, 3.8) is 0 Å². The van der Waals surface area contributed by atoms with E-state index in [0.717, 1.165) is 0 Å². The van der Waals surface area contributed by atoms with Gasteiger partial charge in [-0.05, 0) is 12.3 Å². The SMILES string of the molecule is CCN1CC(CCC(=O)O)CN(C)S1(=O)=O. The van der Waals surface area contributed by atoms with Crippen molar-refractivity contribution in [2.24, 2.45) is 5.92 Å². The molecule has 94 valence electrons. The average Bonchev–Trinajstić information content (AvgIpc) is 2.19. The van der Waals surface area contributed by atoms with Crippen LogP contribution in [0.4, 0.5) is 0 Å². The van der Waals surface area contributed by atoms with Crippen LogP contribution in [-0.4, -0.2) is 54.8 Å². The van der Waals surface area contributed by atoms with Gasteiger partial charge in [-0.3, -0.25) is 4.79 Å². The molecule has 1 heterocycles. The first-order chi connectivity index (χ1) is 7.37. The summed E-state index contributed by atoms with van der Waals surface area (Å²) in [6, 6.07) is 0. The number of aliphatic carboxylic acids is 1. The van der Waals surface area contributed by atoms with Crippen molar-refractivity contribution in [1.82, 2.24) is 8.61 Å². The number of carbonyl (C=O) groups is 1. The van der Waals surface area contributed by atoms with Gasteiger partial charge in [0.1, 0.15) is 0 Å². The van der Waals surface area contributed by atoms with Crippen LogP contribution < -0.4 is 0 Å². The number of nitrogens with zero attached hydrogens (tertiary/aromatic N) is 2. The van der Waals surface area contributed by atoms with E-state index in [1.54, 1.807) is 6.92 Å². The van der Waals surface area contributed by atoms with E-state index in [1.807, 2.05) is 0 Å². The Kier molecular flexibility index (Phi) is 4.28. The third-order valence-corrected chi connectivity index (χ3v) is 4.81. The number of carboxylic acids is 1. The van der Waals surface area contributed by atoms with Crippen LogP contribution >= 0.6 is 0 Å². The Balaban J connectivity index is 2.64. The molecule has 1 rings (SSSR count). The van der Waals surface area contributed by atoms with E-state index in [-0.39, 0.29) is 12.3 Å². The van der Waals surface area contributed by atoms with Crippen molar-refractivity contribution >= 4 is 16.2 Å². The van der Waals surface area contributed by atoms with Gasteiger partial charge < -0.3 is 5.11 Å². The van der Waals surface area contributed by atoms with Crippen LogP contribution in [0.2, 0.25) is 0 Å². The number of hydrogen-bond donors (Lipinski definition) is 1. The van der Waals surface area contributed by atoms with E-state index < -0.39 is 16.2 Å². The molecule has 0 aliphatic carbocycles. The normalized spacial score (nSPS) is 26.8. The summed E-state index contributed by atoms with van der Waals surface area (Å²) in [5, 5.41) is 8.59. The molecule has 1 aliphatic heterocycles. The van der Waals surface area contributed by atoms with Crippen molar-refractivity contribution in [3.05, 3.63) is 0 Å². The summed E-state index contributed by atoms with van der Waals surface area (Å²) in [5.41, 5.74) is 0. The molecule has 6 nitrogen and oxygen atoms in total. The predicted octanol–water partition coefficient (Wildman–Crippen LogP) is -0.0205. The summed E-state index contributed by atoms with van der Waals surface area (Å²) in [7, 11) is -1.77. The molecule has 0 aromatic rings. The van der Waals surface area contributed by atoms with E-state index in [2.05, 4.69) is 0 Å². The van der Waals surface area contributed by atoms with Crippen LogP contribution in [-0.2, 0) is 15.0 Å². The fourth-order valence-electron chi connectivity index (χ4n) is 1.90. The van der Waals surface area contributed by atoms with Crippen molar-refractivity contribution in [2.45, 2.75) is 19.8 Å². The Bertz CT molecular complexity index is 355. The van der Waals surface area contributed by atoms with Gasteiger partial charge in [0.05, 0.1) is 0 Å². The summed E-state index contributed by atoms with van der Waals surface area (Å²) < 4.78 is 26.2. The minimum atomic E-state index is -3.30. The zero-order valence-electron chi connectivity index (χ0n) is 9.59. The van der Waals surface area contributed by atoms with E-state index in [1.165, 1.54) is 15.7 Å². The first-order valence-corrected chi connectivity index (χ1v) is 6.70. The highest BCUT2D eigenvalue weighted by atomic mass is 32.2. The van der Waals surface area contributed by atoms with Crippen molar-refractivity contribution in [1.29, 1.82) is 0 Å². The Morgan fingerprint density at radius 2 is 2.06 bits per heavy atom. The minimum absolute atomic E-state index is 0.0934. The lowest BCUT2D eigenvalue weighted by Gasteiger charge is -2.36. The third-order valence-electron chi connectivity index (χ3n) is 2.82. The summed E-state index contributed by atoms with van der Waals surface area (Å²) >= 11 is 0. The van der Waals surface area contributed by atoms with Crippen LogP contribution in [0.3, 0.4) is 0 Å². The van der Waals surface area contributed by atoms with Gasteiger partial charge in [-0.15, -0.1) is 0 Å². The zero-order chi connectivity index (χ0) is 12.3. The fourth-order valence-corrected chi connectivity index (χ4v) is 3.42. The van der Waals surface area contributed by atoms with Crippen LogP contribution in [0.25, 0.3) is 0 Å². The smallest absolute Gasteiger partial charge is 0.303 e. The maximum atomic E-state index is 11.8. The molecule has 1 fully saturated rings. The molecule has 7 heteroatoms. The topological polar surface area (TPSA) is 77.9 Å². The molecule has 1 unspecified atom stereocenters. The van der Waals surface area contributed by atoms with Gasteiger partial charge >= 0.3 is 5.97 Å². The van der Waals surface area contributed by atoms with Crippen LogP contribution in [0, 0.1) is 5.92 Å². The Morgan fingerprint density at radius 1 is 1.44 bits per heavy atom. The maximum absolute atomic E-state index is 11.8. The lowest BCUT2D eigenvalue weighted by Crippen LogP contribution is -2.51. The van der Waals surface area contributed by atoms with Gasteiger partial charge in [-0.2, -0.15) is 17.0 Å². The molecular formula is C9H18N2O4S. The monoisotopic (exact) mass is 250 g/mol. The number of rotatable bonds is 4. The van der Waals surface area contributed by atoms with Gasteiger partial charge in [-0.1, -0.05) is 6.92 Å². The Labute approximate surface area is 96.0 Å². The minimum Gasteiger partial charge on any atom is -0.481 e. The second-order valence-electron chi connectivity index (χ2n) is 4.04. The highest BCUT2D eigenvalue weighted by Crippen LogP contribution is 2.21. The molecule has 0 bridgehead atoms. The zero-order valence-corrected chi connectivity index (χ0v) is 10.4. The molecule has 1 saturated heterocycles. The van der Waals surface area contributed by atoms with Crippen molar-refractivity contribution < 1.29 is 18.3 Å². The third kappa shape index (κ3) is 2.93. The highest BCUT2D eigenvalue weighted by Gasteiger charge is 2.34. The lowest BCUT2D eigenvalue weighted by molar-refractivity contribution is -0.137. The van der Waals surface area contributed by atoms with Gasteiger partial charge in [-0.25, -0.2) is 0 Å². The predicted molar refractivity (Wildman–Crippen MR) is 59.2 cm³/mol. The molecule has 0 saturated carbocycles. The van der Waals surface area contributed by atoms with Gasteiger partial charge in [0.25, 0.3) is 10.2 Å². The second-order valence-corrected chi connectivity index (χ2v) is 6.07. The maximum Gasteiger partial charge on any atom is 0.303 e. The first-order valence-electron chi connectivity index (χ1n) is 5.31. The van der Waals surface area contributed by atoms with Crippen molar-refractivity contribution in [3.8, 4) is 0 Å². The van der Waals surface area contributed by atoms with Gasteiger partial charge in [0.2, 0.25) is 0 Å². The van der Waals surface area contributed by atoms with E-state index in [9.17, 15) is 13.2 Å². The summed E-state index contributed by atoms with van der Waals surface area (Å²) in [4.78, 5) is 10.5. The number of hydrogen-bond acceptors (Lipinski definition) is 3. The molecule has 0 aromatic heterocycles. The second kappa shape index (κ2) is 5.11. The molecule has 0 amide bonds. The van der Waals surface area contributed by atoms with Crippen molar-refractivity contribution in [2.75, 3.05) is 26.7 Å². The van der Waals surface area contributed by atoms with E-state index >= 15 is 0 Å². The van der Waals surface area contributed by atoms with E-state index in [4.69, 9.17) is 5.11 Å². The standard InChI is InChI=1S/C9H18N2O4S/c1-3-11-7-8(4-5-9(12)13)6-10(2)16(11,14)15/h8H,3-7H2,1-2H3,(H,12,13). The molecule has 0 radical (unpaired) electrons. The molecule has 16 heavy (non-hydrogen) atoms. The Morgan fingerprint density at radius 3 is 2.56 bits per heavy atom. The molecule has 0 aromatic carbocycles. The summed E-state index contributed by atoms with van der Waals surface area (Å²) in [6.07, 6.45) is 0.613. The summed E-state index contributed by atoms with van der Waals surface area (Å²) in [5.74, 6) is -0.733.